The van der Waals surface area contributed by atoms with Crippen molar-refractivity contribution in [2.24, 2.45) is 5.10 Å². The first-order valence-electron chi connectivity index (χ1n) is 6.56. The second-order valence-electron chi connectivity index (χ2n) is 5.06. The van der Waals surface area contributed by atoms with Gasteiger partial charge in [-0.15, -0.1) is 5.01 Å². The van der Waals surface area contributed by atoms with Crippen LogP contribution in [0.25, 0.3) is 0 Å². The van der Waals surface area contributed by atoms with Gasteiger partial charge < -0.3 is 5.32 Å². The van der Waals surface area contributed by atoms with Crippen molar-refractivity contribution < 1.29 is 22.8 Å². The summed E-state index contributed by atoms with van der Waals surface area (Å²) in [6.07, 6.45) is -3.33. The fraction of sp³-hybridized carbons (Fsp3) is 0.357. The standard InChI is InChI=1S/C14H14F3N3O2/c1-3-13(2)11(21)20(12(22)19-13)18-8-9-6-4-5-7-10(9)14(15,16)17/h4-8H,3H2,1-2H3,(H,19,22). The predicted octanol–water partition coefficient (Wildman–Crippen LogP) is 2.76. The number of hydrogen-bond acceptors (Lipinski definition) is 3. The van der Waals surface area contributed by atoms with Gasteiger partial charge in [-0.25, -0.2) is 4.79 Å². The highest BCUT2D eigenvalue weighted by Gasteiger charge is 2.47. The molecule has 1 atom stereocenters. The molecular weight excluding hydrogens is 299 g/mol. The van der Waals surface area contributed by atoms with Gasteiger partial charge in [0.25, 0.3) is 5.91 Å². The third-order valence-corrected chi connectivity index (χ3v) is 3.53. The fourth-order valence-corrected chi connectivity index (χ4v) is 2.00. The van der Waals surface area contributed by atoms with Crippen LogP contribution in [-0.2, 0) is 11.0 Å². The van der Waals surface area contributed by atoms with E-state index in [9.17, 15) is 22.8 Å². The lowest BCUT2D eigenvalue weighted by Crippen LogP contribution is -2.42. The Kier molecular flexibility index (Phi) is 3.95. The molecule has 0 aliphatic carbocycles. The number of nitrogens with zero attached hydrogens (tertiary/aromatic N) is 2. The van der Waals surface area contributed by atoms with Gasteiger partial charge in [0.05, 0.1) is 11.8 Å². The number of alkyl halides is 3. The number of imide groups is 1. The van der Waals surface area contributed by atoms with E-state index in [4.69, 9.17) is 0 Å². The van der Waals surface area contributed by atoms with Crippen molar-refractivity contribution in [2.75, 3.05) is 0 Å². The normalized spacial score (nSPS) is 22.5. The van der Waals surface area contributed by atoms with E-state index in [0.717, 1.165) is 12.3 Å². The van der Waals surface area contributed by atoms with Gasteiger partial charge in [-0.2, -0.15) is 18.3 Å². The van der Waals surface area contributed by atoms with Crippen LogP contribution in [-0.4, -0.2) is 28.7 Å². The molecule has 118 valence electrons. The summed E-state index contributed by atoms with van der Waals surface area (Å²) in [5.41, 5.74) is -2.19. The Morgan fingerprint density at radius 1 is 1.32 bits per heavy atom. The van der Waals surface area contributed by atoms with Crippen LogP contribution >= 0.6 is 0 Å². The zero-order valence-electron chi connectivity index (χ0n) is 11.9. The molecule has 1 aliphatic heterocycles. The summed E-state index contributed by atoms with van der Waals surface area (Å²) in [5, 5.41) is 6.63. The molecule has 0 spiro atoms. The number of carbonyl (C=O) groups is 2. The second kappa shape index (κ2) is 5.43. The Labute approximate surface area is 124 Å². The average Bonchev–Trinajstić information content (AvgIpc) is 2.67. The number of nitrogens with one attached hydrogen (secondary N) is 1. The molecular formula is C14H14F3N3O2. The maximum absolute atomic E-state index is 12.9. The first-order chi connectivity index (χ1) is 10.2. The molecule has 0 bridgehead atoms. The Balaban J connectivity index is 2.31. The van der Waals surface area contributed by atoms with E-state index in [-0.39, 0.29) is 5.56 Å². The minimum atomic E-state index is -4.54. The lowest BCUT2D eigenvalue weighted by atomic mass is 10.00. The first kappa shape index (κ1) is 16.0. The number of halogens is 3. The van der Waals surface area contributed by atoms with Gasteiger partial charge in [0.2, 0.25) is 0 Å². The van der Waals surface area contributed by atoms with Crippen LogP contribution in [0.2, 0.25) is 0 Å². The highest BCUT2D eigenvalue weighted by atomic mass is 19.4. The minimum Gasteiger partial charge on any atom is -0.322 e. The van der Waals surface area contributed by atoms with E-state index in [1.165, 1.54) is 25.1 Å². The van der Waals surface area contributed by atoms with Gasteiger partial charge in [-0.05, 0) is 19.4 Å². The minimum absolute atomic E-state index is 0.222. The van der Waals surface area contributed by atoms with E-state index in [1.54, 1.807) is 6.92 Å². The number of rotatable bonds is 3. The number of hydrogen-bond donors (Lipinski definition) is 1. The van der Waals surface area contributed by atoms with Crippen LogP contribution in [0, 0.1) is 0 Å². The molecule has 1 heterocycles. The van der Waals surface area contributed by atoms with Gasteiger partial charge in [0.1, 0.15) is 5.54 Å². The summed E-state index contributed by atoms with van der Waals surface area (Å²) >= 11 is 0. The van der Waals surface area contributed by atoms with Crippen molar-refractivity contribution in [2.45, 2.75) is 32.0 Å². The lowest BCUT2D eigenvalue weighted by Gasteiger charge is -2.17. The van der Waals surface area contributed by atoms with Gasteiger partial charge in [0, 0.05) is 5.56 Å². The van der Waals surface area contributed by atoms with Crippen molar-refractivity contribution in [3.05, 3.63) is 35.4 Å². The molecule has 1 saturated heterocycles. The molecule has 0 radical (unpaired) electrons. The van der Waals surface area contributed by atoms with Crippen molar-refractivity contribution in [1.82, 2.24) is 10.3 Å². The summed E-state index contributed by atoms with van der Waals surface area (Å²) in [6.45, 7) is 3.25. The number of benzene rings is 1. The fourth-order valence-electron chi connectivity index (χ4n) is 2.00. The molecule has 3 amide bonds. The quantitative estimate of drug-likeness (QED) is 0.689. The molecule has 1 N–H and O–H groups in total. The van der Waals surface area contributed by atoms with Crippen LogP contribution in [0.5, 0.6) is 0 Å². The van der Waals surface area contributed by atoms with Crippen LogP contribution in [0.4, 0.5) is 18.0 Å². The van der Waals surface area contributed by atoms with Crippen molar-refractivity contribution in [1.29, 1.82) is 0 Å². The average molecular weight is 313 g/mol. The SMILES string of the molecule is CCC1(C)NC(=O)N(N=Cc2ccccc2C(F)(F)F)C1=O. The van der Waals surface area contributed by atoms with E-state index in [2.05, 4.69) is 10.4 Å². The molecule has 0 saturated carbocycles. The molecule has 1 aromatic carbocycles. The van der Waals surface area contributed by atoms with Gasteiger partial charge in [-0.3, -0.25) is 4.79 Å². The second-order valence-corrected chi connectivity index (χ2v) is 5.06. The van der Waals surface area contributed by atoms with Gasteiger partial charge in [0.15, 0.2) is 0 Å². The maximum atomic E-state index is 12.9. The van der Waals surface area contributed by atoms with Crippen LogP contribution < -0.4 is 5.32 Å². The largest absolute Gasteiger partial charge is 0.417 e. The van der Waals surface area contributed by atoms with Crippen molar-refractivity contribution in [3.63, 3.8) is 0 Å². The number of amides is 3. The molecule has 1 aliphatic rings. The Hall–Kier alpha value is -2.38. The zero-order chi connectivity index (χ0) is 16.5. The van der Waals surface area contributed by atoms with Gasteiger partial charge >= 0.3 is 12.2 Å². The Morgan fingerprint density at radius 3 is 2.50 bits per heavy atom. The maximum Gasteiger partial charge on any atom is 0.417 e. The Morgan fingerprint density at radius 2 is 1.95 bits per heavy atom. The zero-order valence-corrected chi connectivity index (χ0v) is 11.9. The lowest BCUT2D eigenvalue weighted by molar-refractivity contribution is -0.137. The summed E-state index contributed by atoms with van der Waals surface area (Å²) in [5.74, 6) is -0.597. The van der Waals surface area contributed by atoms with E-state index < -0.39 is 29.2 Å². The molecule has 22 heavy (non-hydrogen) atoms. The van der Waals surface area contributed by atoms with Gasteiger partial charge in [-0.1, -0.05) is 25.1 Å². The topological polar surface area (TPSA) is 61.8 Å². The van der Waals surface area contributed by atoms with Crippen LogP contribution in [0.1, 0.15) is 31.4 Å². The summed E-state index contributed by atoms with van der Waals surface area (Å²) in [7, 11) is 0. The Bertz CT molecular complexity index is 642. The van der Waals surface area contributed by atoms with Crippen LogP contribution in [0.3, 0.4) is 0 Å². The summed E-state index contributed by atoms with van der Waals surface area (Å²) in [4.78, 5) is 23.8. The third kappa shape index (κ3) is 2.81. The highest BCUT2D eigenvalue weighted by Crippen LogP contribution is 2.31. The molecule has 8 heteroatoms. The monoisotopic (exact) mass is 313 g/mol. The summed E-state index contributed by atoms with van der Waals surface area (Å²) in [6, 6.07) is 4.03. The molecule has 0 aromatic heterocycles. The number of carbonyl (C=O) groups excluding carboxylic acids is 2. The number of hydrazone groups is 1. The summed E-state index contributed by atoms with van der Waals surface area (Å²) < 4.78 is 38.6. The van der Waals surface area contributed by atoms with E-state index in [0.29, 0.717) is 11.4 Å². The van der Waals surface area contributed by atoms with Crippen molar-refractivity contribution in [3.8, 4) is 0 Å². The molecule has 5 nitrogen and oxygen atoms in total. The van der Waals surface area contributed by atoms with Crippen molar-refractivity contribution >= 4 is 18.2 Å². The third-order valence-electron chi connectivity index (χ3n) is 3.53. The van der Waals surface area contributed by atoms with E-state index >= 15 is 0 Å². The van der Waals surface area contributed by atoms with E-state index in [1.807, 2.05) is 0 Å². The van der Waals surface area contributed by atoms with Crippen LogP contribution in [0.15, 0.2) is 29.4 Å². The molecule has 1 aromatic rings. The molecule has 2 rings (SSSR count). The molecule has 1 unspecified atom stereocenters. The highest BCUT2D eigenvalue weighted by molar-refractivity contribution is 6.07. The molecule has 1 fully saturated rings. The number of urea groups is 1. The smallest absolute Gasteiger partial charge is 0.322 e. The predicted molar refractivity (Wildman–Crippen MR) is 73.1 cm³/mol. The first-order valence-corrected chi connectivity index (χ1v) is 6.56.